The molecule has 5 atom stereocenters. The molecule has 0 saturated carbocycles. The quantitative estimate of drug-likeness (QED) is 0.540. The number of aliphatic hydroxyl groups excluding tert-OH is 1. The predicted molar refractivity (Wildman–Crippen MR) is 129 cm³/mol. The normalized spacial score (nSPS) is 30.9. The molecular formula is C27H31N3O5. The maximum atomic E-state index is 13.8. The third kappa shape index (κ3) is 3.72. The van der Waals surface area contributed by atoms with E-state index in [-0.39, 0.29) is 30.9 Å². The monoisotopic (exact) mass is 477 g/mol. The smallest absolute Gasteiger partial charge is 0.246 e. The highest BCUT2D eigenvalue weighted by Gasteiger charge is 2.78. The van der Waals surface area contributed by atoms with E-state index in [1.165, 1.54) is 4.90 Å². The van der Waals surface area contributed by atoms with Gasteiger partial charge in [-0.1, -0.05) is 55.5 Å². The zero-order valence-electron chi connectivity index (χ0n) is 19.8. The van der Waals surface area contributed by atoms with Gasteiger partial charge in [0.15, 0.2) is 0 Å². The van der Waals surface area contributed by atoms with Crippen molar-refractivity contribution in [3.63, 3.8) is 0 Å². The molecule has 0 radical (unpaired) electrons. The van der Waals surface area contributed by atoms with Crippen LogP contribution in [0.15, 0.2) is 60.7 Å². The van der Waals surface area contributed by atoms with Crippen molar-refractivity contribution in [3.8, 4) is 0 Å². The number of hydrogen-bond donors (Lipinski definition) is 3. The van der Waals surface area contributed by atoms with Gasteiger partial charge in [0.25, 0.3) is 0 Å². The average Bonchev–Trinajstić information content (AvgIpc) is 3.48. The Morgan fingerprint density at radius 1 is 1.06 bits per heavy atom. The third-order valence-corrected chi connectivity index (χ3v) is 7.90. The van der Waals surface area contributed by atoms with Crippen molar-refractivity contribution < 1.29 is 24.2 Å². The summed E-state index contributed by atoms with van der Waals surface area (Å²) in [5, 5.41) is 15.6. The summed E-state index contributed by atoms with van der Waals surface area (Å²) in [6, 6.07) is 17.8. The summed E-state index contributed by atoms with van der Waals surface area (Å²) < 4.78 is 6.66. The molecule has 2 unspecified atom stereocenters. The molecule has 0 aromatic heterocycles. The summed E-state index contributed by atoms with van der Waals surface area (Å²) in [6.45, 7) is 2.01. The lowest BCUT2D eigenvalue weighted by Gasteiger charge is -2.33. The average molecular weight is 478 g/mol. The minimum absolute atomic E-state index is 0.00994. The fourth-order valence-electron chi connectivity index (χ4n) is 6.39. The molecule has 3 aliphatic heterocycles. The Labute approximate surface area is 204 Å². The first-order chi connectivity index (χ1) is 17.0. The lowest BCUT2D eigenvalue weighted by Crippen LogP contribution is -2.55. The Bertz CT molecular complexity index is 1110. The second-order valence-electron chi connectivity index (χ2n) is 9.65. The third-order valence-electron chi connectivity index (χ3n) is 7.90. The van der Waals surface area contributed by atoms with Crippen molar-refractivity contribution in [2.24, 2.45) is 11.8 Å². The molecule has 3 N–H and O–H groups in total. The maximum Gasteiger partial charge on any atom is 0.246 e. The number of benzene rings is 2. The number of nitrogens with one attached hydrogen (secondary N) is 2. The Morgan fingerprint density at radius 2 is 1.74 bits per heavy atom. The van der Waals surface area contributed by atoms with Gasteiger partial charge < -0.3 is 25.4 Å². The van der Waals surface area contributed by atoms with Crippen molar-refractivity contribution in [1.29, 1.82) is 0 Å². The Kier molecular flexibility index (Phi) is 6.11. The standard InChI is InChI=1S/C27H31N3O5/c1-2-26-13-14-27(35-26)21(20(26)23(32)29-19-11-7-4-8-12-19)25(34)30(15-16-31)22(27)24(33)28-17-18-9-5-3-6-10-18/h3-12,20-22,31H,2,13-17H2,1H3,(H,28,33)(H,29,32)/t20-,21-,22?,26+,27?/m0/s1. The number of aliphatic hydroxyl groups is 1. The number of likely N-dealkylation sites (tertiary alicyclic amines) is 1. The molecule has 3 heterocycles. The number of amides is 3. The fourth-order valence-corrected chi connectivity index (χ4v) is 6.39. The number of carbonyl (C=O) groups is 3. The van der Waals surface area contributed by atoms with Gasteiger partial charge in [0.05, 0.1) is 24.0 Å². The van der Waals surface area contributed by atoms with E-state index in [0.717, 1.165) is 5.56 Å². The van der Waals surface area contributed by atoms with E-state index in [0.29, 0.717) is 31.5 Å². The first-order valence-corrected chi connectivity index (χ1v) is 12.2. The highest BCUT2D eigenvalue weighted by molar-refractivity contribution is 6.02. The van der Waals surface area contributed by atoms with Crippen LogP contribution in [0.4, 0.5) is 5.69 Å². The van der Waals surface area contributed by atoms with E-state index in [9.17, 15) is 19.5 Å². The van der Waals surface area contributed by atoms with Crippen LogP contribution in [-0.4, -0.2) is 58.1 Å². The van der Waals surface area contributed by atoms with Gasteiger partial charge in [0.2, 0.25) is 17.7 Å². The van der Waals surface area contributed by atoms with Crippen molar-refractivity contribution in [2.45, 2.75) is 50.0 Å². The number of ether oxygens (including phenoxy) is 1. The van der Waals surface area contributed by atoms with E-state index >= 15 is 0 Å². The van der Waals surface area contributed by atoms with Gasteiger partial charge in [-0.15, -0.1) is 0 Å². The molecule has 3 saturated heterocycles. The summed E-state index contributed by atoms with van der Waals surface area (Å²) in [4.78, 5) is 42.3. The number of para-hydroxylation sites is 1. The second-order valence-corrected chi connectivity index (χ2v) is 9.65. The number of rotatable bonds is 8. The maximum absolute atomic E-state index is 13.8. The molecule has 35 heavy (non-hydrogen) atoms. The van der Waals surface area contributed by atoms with E-state index in [4.69, 9.17) is 4.74 Å². The first-order valence-electron chi connectivity index (χ1n) is 12.2. The largest absolute Gasteiger partial charge is 0.395 e. The fraction of sp³-hybridized carbons (Fsp3) is 0.444. The molecule has 1 spiro atoms. The number of anilines is 1. The summed E-state index contributed by atoms with van der Waals surface area (Å²) in [6.07, 6.45) is 1.66. The molecular weight excluding hydrogens is 446 g/mol. The van der Waals surface area contributed by atoms with E-state index in [1.54, 1.807) is 12.1 Å². The summed E-state index contributed by atoms with van der Waals surface area (Å²) in [5.41, 5.74) is -0.311. The van der Waals surface area contributed by atoms with Gasteiger partial charge in [-0.05, 0) is 37.0 Å². The zero-order valence-corrected chi connectivity index (χ0v) is 19.8. The van der Waals surface area contributed by atoms with E-state index in [2.05, 4.69) is 10.6 Å². The number of fused-ring (bicyclic) bond motifs is 1. The summed E-state index contributed by atoms with van der Waals surface area (Å²) in [5.74, 6) is -2.40. The van der Waals surface area contributed by atoms with Gasteiger partial charge in [0, 0.05) is 18.8 Å². The Hall–Kier alpha value is -3.23. The highest BCUT2D eigenvalue weighted by Crippen LogP contribution is 2.64. The molecule has 2 bridgehead atoms. The van der Waals surface area contributed by atoms with Crippen LogP contribution >= 0.6 is 0 Å². The predicted octanol–water partition coefficient (Wildman–Crippen LogP) is 2.09. The molecule has 0 aliphatic carbocycles. The van der Waals surface area contributed by atoms with Gasteiger partial charge in [0.1, 0.15) is 11.6 Å². The molecule has 3 amide bonds. The molecule has 2 aromatic carbocycles. The minimum atomic E-state index is -1.10. The zero-order chi connectivity index (χ0) is 24.6. The van der Waals surface area contributed by atoms with Crippen molar-refractivity contribution in [2.75, 3.05) is 18.5 Å². The van der Waals surface area contributed by atoms with Crippen molar-refractivity contribution in [3.05, 3.63) is 66.2 Å². The topological polar surface area (TPSA) is 108 Å². The van der Waals surface area contributed by atoms with Gasteiger partial charge >= 0.3 is 0 Å². The second kappa shape index (κ2) is 9.09. The van der Waals surface area contributed by atoms with Gasteiger partial charge in [-0.2, -0.15) is 0 Å². The summed E-state index contributed by atoms with van der Waals surface area (Å²) in [7, 11) is 0. The first kappa shape index (κ1) is 23.5. The summed E-state index contributed by atoms with van der Waals surface area (Å²) >= 11 is 0. The lowest BCUT2D eigenvalue weighted by atomic mass is 9.65. The SMILES string of the molecule is CC[C@]12CCC3(O1)C(C(=O)NCc1ccccc1)N(CCO)C(=O)[C@@H]3[C@H]2C(=O)Nc1ccccc1. The van der Waals surface area contributed by atoms with Crippen LogP contribution in [0.1, 0.15) is 31.7 Å². The van der Waals surface area contributed by atoms with Crippen LogP contribution in [0.3, 0.4) is 0 Å². The number of β-amino-alcohol motifs (C(OH)–C–C–N with tert-alkyl or cyclic N) is 1. The van der Waals surface area contributed by atoms with E-state index in [1.807, 2.05) is 55.5 Å². The van der Waals surface area contributed by atoms with Crippen LogP contribution in [0.5, 0.6) is 0 Å². The minimum Gasteiger partial charge on any atom is -0.395 e. The van der Waals surface area contributed by atoms with Crippen molar-refractivity contribution in [1.82, 2.24) is 10.2 Å². The molecule has 3 aliphatic rings. The molecule has 5 rings (SSSR count). The van der Waals surface area contributed by atoms with E-state index < -0.39 is 29.1 Å². The number of carbonyl (C=O) groups excluding carboxylic acids is 3. The van der Waals surface area contributed by atoms with Crippen LogP contribution in [0.2, 0.25) is 0 Å². The molecule has 8 nitrogen and oxygen atoms in total. The Morgan fingerprint density at radius 3 is 2.40 bits per heavy atom. The molecule has 184 valence electrons. The molecule has 3 fully saturated rings. The molecule has 2 aromatic rings. The highest BCUT2D eigenvalue weighted by atomic mass is 16.5. The van der Waals surface area contributed by atoms with Gasteiger partial charge in [-0.25, -0.2) is 0 Å². The number of hydrogen-bond acceptors (Lipinski definition) is 5. The number of nitrogens with zero attached hydrogens (tertiary/aromatic N) is 1. The molecule has 8 heteroatoms. The van der Waals surface area contributed by atoms with Gasteiger partial charge in [-0.3, -0.25) is 14.4 Å². The van der Waals surface area contributed by atoms with Crippen molar-refractivity contribution >= 4 is 23.4 Å². The van der Waals surface area contributed by atoms with Crippen LogP contribution in [-0.2, 0) is 25.7 Å². The van der Waals surface area contributed by atoms with Crippen LogP contribution in [0, 0.1) is 11.8 Å². The van der Waals surface area contributed by atoms with Crippen LogP contribution in [0.25, 0.3) is 0 Å². The van der Waals surface area contributed by atoms with Crippen LogP contribution < -0.4 is 10.6 Å². The lowest BCUT2D eigenvalue weighted by molar-refractivity contribution is -0.147. The Balaban J connectivity index is 1.47.